The van der Waals surface area contributed by atoms with E-state index in [1.54, 1.807) is 0 Å². The third-order valence-electron chi connectivity index (χ3n) is 5.76. The zero-order valence-electron chi connectivity index (χ0n) is 16.2. The molecule has 2 amide bonds. The molecule has 0 bridgehead atoms. The third-order valence-corrected chi connectivity index (χ3v) is 5.76. The molecule has 2 heterocycles. The summed E-state index contributed by atoms with van der Waals surface area (Å²) in [4.78, 5) is 26.6. The first kappa shape index (κ1) is 21.7. The van der Waals surface area contributed by atoms with Gasteiger partial charge in [-0.05, 0) is 49.8 Å². The van der Waals surface area contributed by atoms with Gasteiger partial charge in [-0.1, -0.05) is 37.3 Å². The van der Waals surface area contributed by atoms with E-state index in [4.69, 9.17) is 0 Å². The summed E-state index contributed by atoms with van der Waals surface area (Å²) in [5.41, 5.74) is 1.06. The zero-order valence-corrected chi connectivity index (χ0v) is 17.0. The second-order valence-corrected chi connectivity index (χ2v) is 7.76. The van der Waals surface area contributed by atoms with Gasteiger partial charge in [-0.15, -0.1) is 12.4 Å². The monoisotopic (exact) mass is 393 g/mol. The summed E-state index contributed by atoms with van der Waals surface area (Å²) >= 11 is 0. The van der Waals surface area contributed by atoms with E-state index in [-0.39, 0.29) is 30.3 Å². The second kappa shape index (κ2) is 10.7. The standard InChI is InChI=1S/C21H31N3O2.ClH/c1-16(18-9-5-11-22-14-18)13-20(25)23-19(17-7-3-2-4-8-17)15-24-12-6-10-21(24)26;/h2-4,7-8,16,18-19,22H,5-6,9-15H2,1H3,(H,23,25);1H. The van der Waals surface area contributed by atoms with Crippen LogP contribution in [0.1, 0.15) is 50.6 Å². The van der Waals surface area contributed by atoms with Crippen LogP contribution in [0, 0.1) is 11.8 Å². The number of rotatable bonds is 7. The quantitative estimate of drug-likeness (QED) is 0.748. The molecule has 2 aliphatic heterocycles. The van der Waals surface area contributed by atoms with Gasteiger partial charge >= 0.3 is 0 Å². The summed E-state index contributed by atoms with van der Waals surface area (Å²) < 4.78 is 0. The van der Waals surface area contributed by atoms with Gasteiger partial charge in [0.15, 0.2) is 0 Å². The Morgan fingerprint density at radius 2 is 2.07 bits per heavy atom. The fourth-order valence-electron chi connectivity index (χ4n) is 4.11. The number of benzene rings is 1. The topological polar surface area (TPSA) is 61.4 Å². The normalized spacial score (nSPS) is 22.0. The highest BCUT2D eigenvalue weighted by atomic mass is 35.5. The Balaban J connectivity index is 0.00000261. The van der Waals surface area contributed by atoms with E-state index < -0.39 is 0 Å². The first-order chi connectivity index (χ1) is 12.6. The predicted molar refractivity (Wildman–Crippen MR) is 110 cm³/mol. The molecule has 3 unspecified atom stereocenters. The zero-order chi connectivity index (χ0) is 18.4. The van der Waals surface area contributed by atoms with E-state index in [1.165, 1.54) is 12.8 Å². The summed E-state index contributed by atoms with van der Waals surface area (Å²) in [6, 6.07) is 9.86. The first-order valence-electron chi connectivity index (χ1n) is 9.96. The summed E-state index contributed by atoms with van der Waals surface area (Å²) in [7, 11) is 0. The molecule has 1 aromatic rings. The number of carbonyl (C=O) groups excluding carboxylic acids is 2. The highest BCUT2D eigenvalue weighted by Crippen LogP contribution is 2.24. The molecule has 27 heavy (non-hydrogen) atoms. The Morgan fingerprint density at radius 1 is 1.30 bits per heavy atom. The Morgan fingerprint density at radius 3 is 2.70 bits per heavy atom. The number of nitrogens with one attached hydrogen (secondary N) is 2. The molecule has 6 heteroatoms. The van der Waals surface area contributed by atoms with Gasteiger partial charge in [-0.25, -0.2) is 0 Å². The van der Waals surface area contributed by atoms with Crippen LogP contribution >= 0.6 is 12.4 Å². The minimum absolute atomic E-state index is 0. The lowest BCUT2D eigenvalue weighted by atomic mass is 9.85. The van der Waals surface area contributed by atoms with Crippen LogP contribution < -0.4 is 10.6 Å². The van der Waals surface area contributed by atoms with Gasteiger partial charge in [-0.3, -0.25) is 9.59 Å². The Labute approximate surface area is 168 Å². The lowest BCUT2D eigenvalue weighted by Gasteiger charge is -2.29. The number of hydrogen-bond acceptors (Lipinski definition) is 3. The Bertz CT molecular complexity index is 605. The summed E-state index contributed by atoms with van der Waals surface area (Å²) in [6.07, 6.45) is 4.48. The SMILES string of the molecule is CC(CC(=O)NC(CN1CCCC1=O)c1ccccc1)C1CCCNC1.Cl. The van der Waals surface area contributed by atoms with Crippen molar-refractivity contribution in [3.8, 4) is 0 Å². The minimum atomic E-state index is -0.137. The molecule has 0 radical (unpaired) electrons. The van der Waals surface area contributed by atoms with E-state index >= 15 is 0 Å². The van der Waals surface area contributed by atoms with E-state index in [0.29, 0.717) is 31.2 Å². The fourth-order valence-corrected chi connectivity index (χ4v) is 4.11. The van der Waals surface area contributed by atoms with Gasteiger partial charge in [0.05, 0.1) is 6.04 Å². The van der Waals surface area contributed by atoms with Crippen LogP contribution in [0.3, 0.4) is 0 Å². The molecule has 0 aromatic heterocycles. The van der Waals surface area contributed by atoms with Crippen LogP contribution in [-0.2, 0) is 9.59 Å². The molecule has 2 N–H and O–H groups in total. The largest absolute Gasteiger partial charge is 0.347 e. The van der Waals surface area contributed by atoms with E-state index in [2.05, 4.69) is 17.6 Å². The molecular formula is C21H32ClN3O2. The predicted octanol–water partition coefficient (Wildman–Crippen LogP) is 2.91. The molecule has 2 aliphatic rings. The molecule has 5 nitrogen and oxygen atoms in total. The number of likely N-dealkylation sites (tertiary alicyclic amines) is 1. The molecular weight excluding hydrogens is 362 g/mol. The van der Waals surface area contributed by atoms with Gasteiger partial charge < -0.3 is 15.5 Å². The van der Waals surface area contributed by atoms with Crippen molar-refractivity contribution in [2.45, 2.75) is 45.1 Å². The Kier molecular flexibility index (Phi) is 8.58. The number of halogens is 1. The van der Waals surface area contributed by atoms with Gasteiger partial charge in [0.2, 0.25) is 11.8 Å². The lowest BCUT2D eigenvalue weighted by Crippen LogP contribution is -2.40. The molecule has 0 saturated carbocycles. The lowest BCUT2D eigenvalue weighted by molar-refractivity contribution is -0.129. The van der Waals surface area contributed by atoms with Gasteiger partial charge in [0.1, 0.15) is 0 Å². The van der Waals surface area contributed by atoms with Crippen molar-refractivity contribution in [1.29, 1.82) is 0 Å². The van der Waals surface area contributed by atoms with Gasteiger partial charge in [-0.2, -0.15) is 0 Å². The maximum atomic E-state index is 12.7. The highest BCUT2D eigenvalue weighted by Gasteiger charge is 2.27. The van der Waals surface area contributed by atoms with Crippen molar-refractivity contribution in [2.75, 3.05) is 26.2 Å². The van der Waals surface area contributed by atoms with Gasteiger partial charge in [0.25, 0.3) is 0 Å². The summed E-state index contributed by atoms with van der Waals surface area (Å²) in [5, 5.41) is 6.63. The minimum Gasteiger partial charge on any atom is -0.347 e. The Hall–Kier alpha value is -1.59. The van der Waals surface area contributed by atoms with Crippen molar-refractivity contribution in [2.24, 2.45) is 11.8 Å². The number of carbonyl (C=O) groups is 2. The summed E-state index contributed by atoms with van der Waals surface area (Å²) in [5.74, 6) is 1.22. The van der Waals surface area contributed by atoms with Crippen LogP contribution in [0.4, 0.5) is 0 Å². The molecule has 150 valence electrons. The first-order valence-corrected chi connectivity index (χ1v) is 9.96. The molecule has 0 spiro atoms. The third kappa shape index (κ3) is 6.22. The van der Waals surface area contributed by atoms with Crippen molar-refractivity contribution in [1.82, 2.24) is 15.5 Å². The van der Waals surface area contributed by atoms with E-state index in [0.717, 1.165) is 31.6 Å². The molecule has 1 aromatic carbocycles. The summed E-state index contributed by atoms with van der Waals surface area (Å²) in [6.45, 7) is 5.64. The maximum Gasteiger partial charge on any atom is 0.222 e. The van der Waals surface area contributed by atoms with Crippen LogP contribution in [0.25, 0.3) is 0 Å². The average molecular weight is 394 g/mol. The highest BCUT2D eigenvalue weighted by molar-refractivity contribution is 5.85. The van der Waals surface area contributed by atoms with Crippen LogP contribution in [0.15, 0.2) is 30.3 Å². The number of nitrogens with zero attached hydrogens (tertiary/aromatic N) is 1. The molecule has 3 rings (SSSR count). The molecule has 2 saturated heterocycles. The van der Waals surface area contributed by atoms with Crippen molar-refractivity contribution < 1.29 is 9.59 Å². The van der Waals surface area contributed by atoms with E-state index in [9.17, 15) is 9.59 Å². The van der Waals surface area contributed by atoms with Gasteiger partial charge in [0, 0.05) is 25.9 Å². The van der Waals surface area contributed by atoms with Crippen LogP contribution in [-0.4, -0.2) is 42.9 Å². The van der Waals surface area contributed by atoms with Crippen molar-refractivity contribution >= 4 is 24.2 Å². The van der Waals surface area contributed by atoms with Crippen LogP contribution in [0.2, 0.25) is 0 Å². The van der Waals surface area contributed by atoms with Crippen molar-refractivity contribution in [3.63, 3.8) is 0 Å². The second-order valence-electron chi connectivity index (χ2n) is 7.76. The average Bonchev–Trinajstić information content (AvgIpc) is 3.07. The number of amides is 2. The van der Waals surface area contributed by atoms with E-state index in [1.807, 2.05) is 35.2 Å². The van der Waals surface area contributed by atoms with Crippen LogP contribution in [0.5, 0.6) is 0 Å². The molecule has 3 atom stereocenters. The smallest absolute Gasteiger partial charge is 0.222 e. The maximum absolute atomic E-state index is 12.7. The molecule has 0 aliphatic carbocycles. The number of piperidine rings is 1. The molecule has 2 fully saturated rings. The van der Waals surface area contributed by atoms with Crippen molar-refractivity contribution in [3.05, 3.63) is 35.9 Å². The fraction of sp³-hybridized carbons (Fsp3) is 0.619. The number of hydrogen-bond donors (Lipinski definition) is 2.